The SMILES string of the molecule is O=C(O)c1cc(=O)c2cc(Cl)ccc2o1. The minimum absolute atomic E-state index is 0.212. The third kappa shape index (κ3) is 1.71. The number of fused-ring (bicyclic) bond motifs is 1. The van der Waals surface area contributed by atoms with Crippen LogP contribution in [-0.4, -0.2) is 11.1 Å². The zero-order valence-corrected chi connectivity index (χ0v) is 8.12. The molecule has 2 rings (SSSR count). The Morgan fingerprint density at radius 3 is 2.73 bits per heavy atom. The molecule has 1 heterocycles. The quantitative estimate of drug-likeness (QED) is 0.806. The number of hydrogen-bond acceptors (Lipinski definition) is 3. The maximum Gasteiger partial charge on any atom is 0.371 e. The first-order chi connectivity index (χ1) is 7.08. The highest BCUT2D eigenvalue weighted by Crippen LogP contribution is 2.17. The van der Waals surface area contributed by atoms with Crippen molar-refractivity contribution < 1.29 is 14.3 Å². The van der Waals surface area contributed by atoms with Crippen LogP contribution in [0, 0.1) is 0 Å². The van der Waals surface area contributed by atoms with Crippen LogP contribution in [0.5, 0.6) is 0 Å². The van der Waals surface area contributed by atoms with E-state index in [4.69, 9.17) is 21.1 Å². The van der Waals surface area contributed by atoms with Crippen molar-refractivity contribution in [1.29, 1.82) is 0 Å². The Morgan fingerprint density at radius 2 is 2.07 bits per heavy atom. The van der Waals surface area contributed by atoms with Crippen molar-refractivity contribution in [2.75, 3.05) is 0 Å². The van der Waals surface area contributed by atoms with E-state index in [2.05, 4.69) is 0 Å². The van der Waals surface area contributed by atoms with Gasteiger partial charge in [0.2, 0.25) is 5.76 Å². The smallest absolute Gasteiger partial charge is 0.371 e. The second-order valence-corrected chi connectivity index (χ2v) is 3.36. The summed E-state index contributed by atoms with van der Waals surface area (Å²) in [6, 6.07) is 5.36. The molecule has 0 aliphatic rings. The third-order valence-electron chi connectivity index (χ3n) is 1.90. The van der Waals surface area contributed by atoms with E-state index in [1.807, 2.05) is 0 Å². The van der Waals surface area contributed by atoms with Crippen molar-refractivity contribution in [3.8, 4) is 0 Å². The van der Waals surface area contributed by atoms with Gasteiger partial charge in [-0.3, -0.25) is 4.79 Å². The predicted molar refractivity (Wildman–Crippen MR) is 54.5 cm³/mol. The lowest BCUT2D eigenvalue weighted by molar-refractivity contribution is 0.0663. The van der Waals surface area contributed by atoms with Crippen molar-refractivity contribution in [2.45, 2.75) is 0 Å². The fourth-order valence-corrected chi connectivity index (χ4v) is 1.41. The molecule has 15 heavy (non-hydrogen) atoms. The van der Waals surface area contributed by atoms with Gasteiger partial charge in [-0.2, -0.15) is 0 Å². The van der Waals surface area contributed by atoms with Gasteiger partial charge < -0.3 is 9.52 Å². The zero-order valence-electron chi connectivity index (χ0n) is 7.36. The number of halogens is 1. The Hall–Kier alpha value is -1.81. The van der Waals surface area contributed by atoms with Crippen LogP contribution in [0.4, 0.5) is 0 Å². The molecule has 0 atom stereocenters. The molecular formula is C10H5ClO4. The molecule has 0 spiro atoms. The van der Waals surface area contributed by atoms with Gasteiger partial charge in [-0.15, -0.1) is 0 Å². The van der Waals surface area contributed by atoms with Crippen molar-refractivity contribution in [2.24, 2.45) is 0 Å². The summed E-state index contributed by atoms with van der Waals surface area (Å²) >= 11 is 5.70. The summed E-state index contributed by atoms with van der Waals surface area (Å²) in [4.78, 5) is 22.1. The van der Waals surface area contributed by atoms with Gasteiger partial charge in [-0.05, 0) is 18.2 Å². The van der Waals surface area contributed by atoms with Gasteiger partial charge in [0.15, 0.2) is 5.43 Å². The van der Waals surface area contributed by atoms with Gasteiger partial charge in [0.05, 0.1) is 5.39 Å². The normalized spacial score (nSPS) is 10.5. The maximum absolute atomic E-state index is 11.5. The number of benzene rings is 1. The zero-order chi connectivity index (χ0) is 11.0. The van der Waals surface area contributed by atoms with E-state index in [0.29, 0.717) is 5.02 Å². The highest BCUT2D eigenvalue weighted by Gasteiger charge is 2.10. The monoisotopic (exact) mass is 224 g/mol. The van der Waals surface area contributed by atoms with Gasteiger partial charge in [0.1, 0.15) is 5.58 Å². The van der Waals surface area contributed by atoms with E-state index in [1.165, 1.54) is 18.2 Å². The summed E-state index contributed by atoms with van der Waals surface area (Å²) in [6.07, 6.45) is 0. The molecule has 1 aromatic heterocycles. The average molecular weight is 225 g/mol. The Balaban J connectivity index is 2.84. The molecule has 1 N–H and O–H groups in total. The molecular weight excluding hydrogens is 220 g/mol. The average Bonchev–Trinajstić information content (AvgIpc) is 2.18. The van der Waals surface area contributed by atoms with E-state index in [0.717, 1.165) is 6.07 Å². The van der Waals surface area contributed by atoms with Crippen molar-refractivity contribution in [1.82, 2.24) is 0 Å². The summed E-state index contributed by atoms with van der Waals surface area (Å²) in [5.41, 5.74) is -0.208. The van der Waals surface area contributed by atoms with E-state index < -0.39 is 11.4 Å². The molecule has 0 fully saturated rings. The van der Waals surface area contributed by atoms with Crippen LogP contribution in [0.1, 0.15) is 10.6 Å². The fraction of sp³-hybridized carbons (Fsp3) is 0. The molecule has 2 aromatic rings. The number of carboxylic acid groups (broad SMARTS) is 1. The van der Waals surface area contributed by atoms with E-state index in [1.54, 1.807) is 0 Å². The first-order valence-electron chi connectivity index (χ1n) is 4.04. The number of aromatic carboxylic acids is 1. The molecule has 0 aliphatic carbocycles. The molecule has 0 saturated heterocycles. The van der Waals surface area contributed by atoms with Crippen LogP contribution in [0.2, 0.25) is 5.02 Å². The number of carbonyl (C=O) groups is 1. The summed E-state index contributed by atoms with van der Waals surface area (Å²) < 4.78 is 5.00. The van der Waals surface area contributed by atoms with Crippen molar-refractivity contribution in [3.05, 3.63) is 45.3 Å². The second kappa shape index (κ2) is 3.40. The molecule has 1 aromatic carbocycles. The second-order valence-electron chi connectivity index (χ2n) is 2.92. The van der Waals surface area contributed by atoms with Gasteiger partial charge in [0.25, 0.3) is 0 Å². The number of carboxylic acids is 1. The summed E-state index contributed by atoms with van der Waals surface area (Å²) in [5, 5.41) is 9.34. The number of rotatable bonds is 1. The lowest BCUT2D eigenvalue weighted by Crippen LogP contribution is -2.06. The van der Waals surface area contributed by atoms with Crippen molar-refractivity contribution >= 4 is 28.5 Å². The molecule has 0 amide bonds. The van der Waals surface area contributed by atoms with Crippen molar-refractivity contribution in [3.63, 3.8) is 0 Å². The summed E-state index contributed by atoms with van der Waals surface area (Å²) in [6.45, 7) is 0. The van der Waals surface area contributed by atoms with Crippen LogP contribution >= 0.6 is 11.6 Å². The summed E-state index contributed by atoms with van der Waals surface area (Å²) in [7, 11) is 0. The topological polar surface area (TPSA) is 67.5 Å². The van der Waals surface area contributed by atoms with E-state index in [9.17, 15) is 9.59 Å². The Bertz CT molecular complexity index is 600. The molecule has 0 saturated carbocycles. The molecule has 0 aliphatic heterocycles. The van der Waals surface area contributed by atoms with Crippen LogP contribution in [0.15, 0.2) is 33.5 Å². The van der Waals surface area contributed by atoms with Crippen LogP contribution in [0.25, 0.3) is 11.0 Å². The minimum atomic E-state index is -1.27. The van der Waals surface area contributed by atoms with Gasteiger partial charge in [-0.1, -0.05) is 11.6 Å². The van der Waals surface area contributed by atoms with E-state index >= 15 is 0 Å². The van der Waals surface area contributed by atoms with Crippen LogP contribution < -0.4 is 5.43 Å². The lowest BCUT2D eigenvalue weighted by Gasteiger charge is -1.98. The van der Waals surface area contributed by atoms with Gasteiger partial charge in [0, 0.05) is 11.1 Å². The molecule has 5 heteroatoms. The van der Waals surface area contributed by atoms with E-state index in [-0.39, 0.29) is 16.7 Å². The predicted octanol–water partition coefficient (Wildman–Crippen LogP) is 2.14. The van der Waals surface area contributed by atoms with Gasteiger partial charge >= 0.3 is 5.97 Å². The Kier molecular flexibility index (Phi) is 2.21. The number of hydrogen-bond donors (Lipinski definition) is 1. The molecule has 0 unspecified atom stereocenters. The lowest BCUT2D eigenvalue weighted by atomic mass is 10.2. The first kappa shape index (κ1) is 9.73. The minimum Gasteiger partial charge on any atom is -0.475 e. The highest BCUT2D eigenvalue weighted by molar-refractivity contribution is 6.31. The molecule has 4 nitrogen and oxygen atoms in total. The standard InChI is InChI=1S/C10H5ClO4/c11-5-1-2-8-6(3-5)7(12)4-9(15-8)10(13)14/h1-4H,(H,13,14). The highest BCUT2D eigenvalue weighted by atomic mass is 35.5. The molecule has 0 bridgehead atoms. The fourth-order valence-electron chi connectivity index (χ4n) is 1.23. The Morgan fingerprint density at radius 1 is 1.33 bits per heavy atom. The largest absolute Gasteiger partial charge is 0.475 e. The maximum atomic E-state index is 11.5. The first-order valence-corrected chi connectivity index (χ1v) is 4.42. The summed E-state index contributed by atoms with van der Waals surface area (Å²) in [5.74, 6) is -1.65. The Labute approximate surface area is 88.7 Å². The van der Waals surface area contributed by atoms with Gasteiger partial charge in [-0.25, -0.2) is 4.79 Å². The molecule has 0 radical (unpaired) electrons. The molecule has 76 valence electrons. The van der Waals surface area contributed by atoms with Crippen LogP contribution in [-0.2, 0) is 0 Å². The van der Waals surface area contributed by atoms with Crippen LogP contribution in [0.3, 0.4) is 0 Å². The third-order valence-corrected chi connectivity index (χ3v) is 2.14.